The summed E-state index contributed by atoms with van der Waals surface area (Å²) in [5, 5.41) is 4.46. The predicted octanol–water partition coefficient (Wildman–Crippen LogP) is 6.01. The summed E-state index contributed by atoms with van der Waals surface area (Å²) in [7, 11) is 0. The lowest BCUT2D eigenvalue weighted by molar-refractivity contribution is 0.622. The lowest BCUT2D eigenvalue weighted by Crippen LogP contribution is -2.26. The maximum atomic E-state index is 14.1. The van der Waals surface area contributed by atoms with Gasteiger partial charge >= 0.3 is 0 Å². The second-order valence-electron chi connectivity index (χ2n) is 8.34. The van der Waals surface area contributed by atoms with E-state index in [2.05, 4.69) is 25.1 Å². The number of para-hydroxylation sites is 1. The molecular weight excluding hydrogens is 455 g/mol. The normalized spacial score (nSPS) is 11.7. The number of hydrogen-bond donors (Lipinski definition) is 1. The Labute approximate surface area is 206 Å². The number of benzene rings is 2. The Hall–Kier alpha value is -4.90. The highest BCUT2D eigenvalue weighted by molar-refractivity contribution is 5.96. The van der Waals surface area contributed by atoms with Gasteiger partial charge in [-0.2, -0.15) is 0 Å². The molecule has 0 fully saturated rings. The number of nitrogens with zero attached hydrogens (tertiary/aromatic N) is 5. The van der Waals surface area contributed by atoms with Crippen LogP contribution in [0.25, 0.3) is 32.4 Å². The summed E-state index contributed by atoms with van der Waals surface area (Å²) in [4.78, 5) is 30.1. The summed E-state index contributed by atoms with van der Waals surface area (Å²) in [5.74, 6) is 0.458. The van der Waals surface area contributed by atoms with Crippen LogP contribution >= 0.6 is 0 Å². The number of halogens is 1. The first-order valence-electron chi connectivity index (χ1n) is 11.3. The van der Waals surface area contributed by atoms with Crippen LogP contribution in [0.2, 0.25) is 0 Å². The minimum atomic E-state index is -0.474. The van der Waals surface area contributed by atoms with E-state index < -0.39 is 11.9 Å². The highest BCUT2D eigenvalue weighted by atomic mass is 19.1. The summed E-state index contributed by atoms with van der Waals surface area (Å²) in [6.07, 6.45) is 4.16. The van der Waals surface area contributed by atoms with E-state index in [0.29, 0.717) is 50.6 Å². The van der Waals surface area contributed by atoms with Gasteiger partial charge in [-0.1, -0.05) is 36.4 Å². The van der Waals surface area contributed by atoms with E-state index in [1.165, 1.54) is 12.3 Å². The van der Waals surface area contributed by atoms with Crippen molar-refractivity contribution in [2.45, 2.75) is 19.9 Å². The van der Waals surface area contributed by atoms with Gasteiger partial charge in [0, 0.05) is 29.3 Å². The lowest BCUT2D eigenvalue weighted by Gasteiger charge is -2.22. The fourth-order valence-corrected chi connectivity index (χ4v) is 4.27. The Morgan fingerprint density at radius 1 is 1.06 bits per heavy atom. The fourth-order valence-electron chi connectivity index (χ4n) is 4.27. The topological polar surface area (TPSA) is 77.1 Å². The monoisotopic (exact) mass is 476 g/mol. The van der Waals surface area contributed by atoms with Crippen LogP contribution in [-0.4, -0.2) is 19.5 Å². The Morgan fingerprint density at radius 3 is 2.61 bits per heavy atom. The molecule has 7 nitrogen and oxygen atoms in total. The number of pyridine rings is 2. The summed E-state index contributed by atoms with van der Waals surface area (Å²) < 4.78 is 15.6. The van der Waals surface area contributed by atoms with Crippen molar-refractivity contribution >= 4 is 22.3 Å². The molecule has 0 amide bonds. The van der Waals surface area contributed by atoms with Gasteiger partial charge in [0.2, 0.25) is 5.69 Å². The molecule has 2 aromatic carbocycles. The lowest BCUT2D eigenvalue weighted by atomic mass is 9.98. The van der Waals surface area contributed by atoms with Gasteiger partial charge < -0.3 is 5.32 Å². The number of aryl methyl sites for hydroxylation is 1. The smallest absolute Gasteiger partial charge is 0.263 e. The molecule has 0 aliphatic heterocycles. The van der Waals surface area contributed by atoms with E-state index >= 15 is 0 Å². The van der Waals surface area contributed by atoms with Crippen molar-refractivity contribution in [2.24, 2.45) is 0 Å². The molecule has 0 saturated heterocycles. The molecule has 5 aromatic rings. The van der Waals surface area contributed by atoms with Crippen LogP contribution in [0.3, 0.4) is 0 Å². The van der Waals surface area contributed by atoms with Crippen LogP contribution < -0.4 is 10.9 Å². The zero-order valence-electron chi connectivity index (χ0n) is 19.6. The molecule has 36 heavy (non-hydrogen) atoms. The molecule has 1 atom stereocenters. The van der Waals surface area contributed by atoms with E-state index in [0.717, 1.165) is 6.20 Å². The third kappa shape index (κ3) is 4.18. The van der Waals surface area contributed by atoms with Crippen LogP contribution in [0, 0.1) is 19.3 Å². The Morgan fingerprint density at radius 2 is 1.86 bits per heavy atom. The number of hydrogen-bond acceptors (Lipinski definition) is 5. The molecule has 0 aliphatic carbocycles. The predicted molar refractivity (Wildman–Crippen MR) is 138 cm³/mol. The minimum absolute atomic E-state index is 0.244. The molecule has 176 valence electrons. The van der Waals surface area contributed by atoms with E-state index in [1.54, 1.807) is 23.8 Å². The van der Waals surface area contributed by atoms with E-state index in [1.807, 2.05) is 55.5 Å². The zero-order valence-corrected chi connectivity index (χ0v) is 19.6. The zero-order chi connectivity index (χ0) is 25.2. The number of nitrogens with one attached hydrogen (secondary N) is 1. The number of aromatic nitrogens is 4. The summed E-state index contributed by atoms with van der Waals surface area (Å²) >= 11 is 0. The second kappa shape index (κ2) is 9.39. The highest BCUT2D eigenvalue weighted by Gasteiger charge is 2.20. The van der Waals surface area contributed by atoms with Gasteiger partial charge in [-0.15, -0.1) is 0 Å². The summed E-state index contributed by atoms with van der Waals surface area (Å²) in [6, 6.07) is 17.7. The largest absolute Gasteiger partial charge is 0.371 e. The maximum Gasteiger partial charge on any atom is 0.263 e. The van der Waals surface area contributed by atoms with Crippen molar-refractivity contribution < 1.29 is 4.39 Å². The summed E-state index contributed by atoms with van der Waals surface area (Å²) in [6.45, 7) is 11.1. The molecule has 0 spiro atoms. The molecule has 0 bridgehead atoms. The molecule has 3 heterocycles. The first-order chi connectivity index (χ1) is 17.5. The van der Waals surface area contributed by atoms with Crippen molar-refractivity contribution in [3.8, 4) is 16.8 Å². The second-order valence-corrected chi connectivity index (χ2v) is 8.34. The van der Waals surface area contributed by atoms with E-state index in [9.17, 15) is 9.18 Å². The molecule has 3 aromatic heterocycles. The average Bonchev–Trinajstić information content (AvgIpc) is 2.89. The van der Waals surface area contributed by atoms with Crippen molar-refractivity contribution in [2.75, 3.05) is 5.32 Å². The van der Waals surface area contributed by atoms with Gasteiger partial charge in [-0.3, -0.25) is 19.3 Å². The van der Waals surface area contributed by atoms with Gasteiger partial charge in [0.05, 0.1) is 24.2 Å². The van der Waals surface area contributed by atoms with Gasteiger partial charge in [0.15, 0.2) is 0 Å². The molecule has 1 N–H and O–H groups in total. The first-order valence-corrected chi connectivity index (χ1v) is 11.3. The molecule has 8 heteroatoms. The molecule has 5 rings (SSSR count). The molecule has 0 unspecified atom stereocenters. The molecular formula is C28H21FN6O. The van der Waals surface area contributed by atoms with Crippen LogP contribution in [0.5, 0.6) is 0 Å². The van der Waals surface area contributed by atoms with Crippen molar-refractivity contribution in [3.05, 3.63) is 118 Å². The van der Waals surface area contributed by atoms with Crippen LogP contribution in [0.4, 0.5) is 15.9 Å². The Balaban J connectivity index is 1.75. The SMILES string of the molecule is [C-]#[N+]c1cnc(C)nc1N[C@@H](C)c1cc2cccc(-c3cncc(F)c3)c2c(=O)n1-c1ccccc1. The summed E-state index contributed by atoms with van der Waals surface area (Å²) in [5.41, 5.74) is 2.54. The third-order valence-electron chi connectivity index (χ3n) is 5.91. The molecule has 0 aliphatic rings. The highest BCUT2D eigenvalue weighted by Crippen LogP contribution is 2.31. The van der Waals surface area contributed by atoms with Crippen LogP contribution in [0.1, 0.15) is 24.5 Å². The van der Waals surface area contributed by atoms with Crippen LogP contribution in [0.15, 0.2) is 84.0 Å². The first kappa shape index (κ1) is 22.9. The maximum absolute atomic E-state index is 14.1. The molecule has 0 radical (unpaired) electrons. The molecule has 0 saturated carbocycles. The van der Waals surface area contributed by atoms with Gasteiger partial charge in [-0.05, 0) is 49.1 Å². The number of fused-ring (bicyclic) bond motifs is 1. The Bertz CT molecular complexity index is 1690. The standard InChI is InChI=1S/C28H21FN6O/c1-17(33-27-24(30-3)16-32-18(2)34-27)25-13-19-8-7-11-23(20-12-21(29)15-31-14-20)26(19)28(36)35(25)22-9-5-4-6-10-22/h4-17H,1-2H3,(H,32,33,34)/t17-/m0/s1. The van der Waals surface area contributed by atoms with E-state index in [-0.39, 0.29) is 5.56 Å². The van der Waals surface area contributed by atoms with Crippen molar-refractivity contribution in [3.63, 3.8) is 0 Å². The van der Waals surface area contributed by atoms with Crippen LogP contribution in [-0.2, 0) is 0 Å². The van der Waals surface area contributed by atoms with Gasteiger partial charge in [0.25, 0.3) is 5.56 Å². The third-order valence-corrected chi connectivity index (χ3v) is 5.91. The number of rotatable bonds is 5. The van der Waals surface area contributed by atoms with Gasteiger partial charge in [-0.25, -0.2) is 14.2 Å². The van der Waals surface area contributed by atoms with Crippen molar-refractivity contribution in [1.82, 2.24) is 19.5 Å². The minimum Gasteiger partial charge on any atom is -0.371 e. The van der Waals surface area contributed by atoms with Crippen molar-refractivity contribution in [1.29, 1.82) is 0 Å². The quantitative estimate of drug-likeness (QED) is 0.314. The average molecular weight is 477 g/mol. The van der Waals surface area contributed by atoms with E-state index in [4.69, 9.17) is 6.57 Å². The fraction of sp³-hybridized carbons (Fsp3) is 0.107. The van der Waals surface area contributed by atoms with Gasteiger partial charge in [0.1, 0.15) is 17.5 Å². The number of anilines is 1. The Kier molecular flexibility index (Phi) is 5.97.